The Bertz CT molecular complexity index is 1610. The van der Waals surface area contributed by atoms with Gasteiger partial charge < -0.3 is 14.8 Å². The summed E-state index contributed by atoms with van der Waals surface area (Å²) in [4.78, 5) is 4.16. The molecule has 7 heteroatoms. The standard InChI is InChI=1S/C35H33ClFN3O2/c36-31-16-25(21-40-26-7-2-1-3-8-26)34(41-22-24-15-23(18-38)19-39-20-24)17-35(31)42-33-14-13-28-27(10-6-11-30(28)33)29-9-4-5-12-32(29)37/h4-6,9-12,15-17,19-20,26,33,40H,1-3,7-8,13-14,21-22H2/t33-/m0/s1. The predicted octanol–water partition coefficient (Wildman–Crippen LogP) is 8.48. The minimum Gasteiger partial charge on any atom is -0.488 e. The maximum absolute atomic E-state index is 14.7. The van der Waals surface area contributed by atoms with E-state index in [0.29, 0.717) is 40.2 Å². The van der Waals surface area contributed by atoms with Gasteiger partial charge in [0.1, 0.15) is 36.1 Å². The van der Waals surface area contributed by atoms with Crippen molar-refractivity contribution in [2.45, 2.75) is 70.2 Å². The summed E-state index contributed by atoms with van der Waals surface area (Å²) in [7, 11) is 0. The second kappa shape index (κ2) is 12.9. The van der Waals surface area contributed by atoms with Crippen molar-refractivity contribution in [2.75, 3.05) is 0 Å². The Labute approximate surface area is 251 Å². The number of hydrogen-bond acceptors (Lipinski definition) is 5. The number of fused-ring (bicyclic) bond motifs is 1. The monoisotopic (exact) mass is 581 g/mol. The lowest BCUT2D eigenvalue weighted by Gasteiger charge is -2.24. The van der Waals surface area contributed by atoms with E-state index in [4.69, 9.17) is 21.1 Å². The highest BCUT2D eigenvalue weighted by atomic mass is 35.5. The van der Waals surface area contributed by atoms with Crippen LogP contribution in [0.1, 0.15) is 72.4 Å². The van der Waals surface area contributed by atoms with E-state index in [1.54, 1.807) is 18.3 Å². The molecule has 5 nitrogen and oxygen atoms in total. The molecule has 4 aromatic rings. The van der Waals surface area contributed by atoms with Gasteiger partial charge in [0.15, 0.2) is 0 Å². The van der Waals surface area contributed by atoms with Gasteiger partial charge in [-0.25, -0.2) is 4.39 Å². The Morgan fingerprint density at radius 3 is 2.62 bits per heavy atom. The smallest absolute Gasteiger partial charge is 0.142 e. The van der Waals surface area contributed by atoms with Crippen molar-refractivity contribution in [2.24, 2.45) is 0 Å². The number of halogens is 2. The lowest BCUT2D eigenvalue weighted by atomic mass is 9.95. The molecule has 0 amide bonds. The predicted molar refractivity (Wildman–Crippen MR) is 162 cm³/mol. The Balaban J connectivity index is 1.26. The fourth-order valence-corrected chi connectivity index (χ4v) is 6.34. The maximum atomic E-state index is 14.7. The summed E-state index contributed by atoms with van der Waals surface area (Å²) in [6.07, 6.45) is 10.7. The lowest BCUT2D eigenvalue weighted by molar-refractivity contribution is 0.206. The van der Waals surface area contributed by atoms with E-state index in [-0.39, 0.29) is 18.5 Å². The summed E-state index contributed by atoms with van der Waals surface area (Å²) in [5.74, 6) is 0.998. The van der Waals surface area contributed by atoms with Crippen molar-refractivity contribution in [3.05, 3.63) is 112 Å². The number of nitriles is 1. The molecule has 2 aliphatic rings. The van der Waals surface area contributed by atoms with Crippen LogP contribution in [0.15, 0.2) is 73.1 Å². The quantitative estimate of drug-likeness (QED) is 0.215. The molecule has 0 unspecified atom stereocenters. The first kappa shape index (κ1) is 28.2. The molecule has 1 saturated carbocycles. The molecule has 0 saturated heterocycles. The van der Waals surface area contributed by atoms with E-state index >= 15 is 0 Å². The molecule has 0 bridgehead atoms. The highest BCUT2D eigenvalue weighted by Crippen LogP contribution is 2.43. The number of pyridine rings is 1. The van der Waals surface area contributed by atoms with Gasteiger partial charge in [-0.2, -0.15) is 5.26 Å². The largest absolute Gasteiger partial charge is 0.488 e. The fraction of sp³-hybridized carbons (Fsp3) is 0.314. The third-order valence-electron chi connectivity index (χ3n) is 8.27. The van der Waals surface area contributed by atoms with Gasteiger partial charge in [-0.15, -0.1) is 0 Å². The van der Waals surface area contributed by atoms with Crippen molar-refractivity contribution in [1.29, 1.82) is 5.26 Å². The lowest BCUT2D eigenvalue weighted by Crippen LogP contribution is -2.30. The van der Waals surface area contributed by atoms with Crippen LogP contribution in [0.3, 0.4) is 0 Å². The molecule has 6 rings (SSSR count). The molecule has 0 spiro atoms. The Kier molecular flexibility index (Phi) is 8.69. The normalized spacial score (nSPS) is 16.5. The summed E-state index contributed by atoms with van der Waals surface area (Å²) in [5, 5.41) is 13.5. The maximum Gasteiger partial charge on any atom is 0.142 e. The minimum atomic E-state index is -0.229. The second-order valence-electron chi connectivity index (χ2n) is 11.1. The van der Waals surface area contributed by atoms with Crippen molar-refractivity contribution >= 4 is 11.6 Å². The molecule has 1 atom stereocenters. The van der Waals surface area contributed by atoms with Crippen molar-refractivity contribution in [3.8, 4) is 28.7 Å². The first-order chi connectivity index (χ1) is 20.6. The molecule has 1 aromatic heterocycles. The van der Waals surface area contributed by atoms with Crippen LogP contribution in [0.5, 0.6) is 11.5 Å². The topological polar surface area (TPSA) is 67.2 Å². The van der Waals surface area contributed by atoms with Gasteiger partial charge in [0.25, 0.3) is 0 Å². The van der Waals surface area contributed by atoms with Gasteiger partial charge in [-0.3, -0.25) is 4.98 Å². The zero-order valence-electron chi connectivity index (χ0n) is 23.4. The first-order valence-corrected chi connectivity index (χ1v) is 15.0. The SMILES string of the molecule is N#Cc1cncc(COc2cc(O[C@H]3CCc4c(-c5ccccc5F)cccc43)c(Cl)cc2CNC2CCCCC2)c1. The van der Waals surface area contributed by atoms with E-state index in [1.807, 2.05) is 36.4 Å². The highest BCUT2D eigenvalue weighted by Gasteiger charge is 2.28. The van der Waals surface area contributed by atoms with Crippen LogP contribution in [-0.4, -0.2) is 11.0 Å². The summed E-state index contributed by atoms with van der Waals surface area (Å²) < 4.78 is 27.5. The average molecular weight is 582 g/mol. The van der Waals surface area contributed by atoms with Gasteiger partial charge >= 0.3 is 0 Å². The van der Waals surface area contributed by atoms with Gasteiger partial charge in [0.05, 0.1) is 10.6 Å². The number of benzene rings is 3. The highest BCUT2D eigenvalue weighted by molar-refractivity contribution is 6.32. The molecular formula is C35H33ClFN3O2. The molecule has 2 aliphatic carbocycles. The summed E-state index contributed by atoms with van der Waals surface area (Å²) >= 11 is 6.83. The summed E-state index contributed by atoms with van der Waals surface area (Å²) in [5.41, 5.74) is 5.93. The van der Waals surface area contributed by atoms with Crippen LogP contribution in [-0.2, 0) is 19.6 Å². The van der Waals surface area contributed by atoms with E-state index in [9.17, 15) is 9.65 Å². The van der Waals surface area contributed by atoms with Gasteiger partial charge in [-0.05, 0) is 60.6 Å². The zero-order valence-corrected chi connectivity index (χ0v) is 24.2. The molecule has 1 fully saturated rings. The summed E-state index contributed by atoms with van der Waals surface area (Å²) in [6, 6.07) is 21.1. The zero-order chi connectivity index (χ0) is 28.9. The number of hydrogen-bond donors (Lipinski definition) is 1. The van der Waals surface area contributed by atoms with Crippen LogP contribution >= 0.6 is 11.6 Å². The Morgan fingerprint density at radius 1 is 0.952 bits per heavy atom. The molecule has 42 heavy (non-hydrogen) atoms. The van der Waals surface area contributed by atoms with Crippen LogP contribution in [0.4, 0.5) is 4.39 Å². The number of rotatable bonds is 9. The molecule has 0 aliphatic heterocycles. The second-order valence-corrected chi connectivity index (χ2v) is 11.5. The Hall–Kier alpha value is -3.92. The summed E-state index contributed by atoms with van der Waals surface area (Å²) in [6.45, 7) is 0.896. The van der Waals surface area contributed by atoms with Crippen LogP contribution in [0.25, 0.3) is 11.1 Å². The number of nitrogens with zero attached hydrogens (tertiary/aromatic N) is 2. The van der Waals surface area contributed by atoms with Crippen LogP contribution < -0.4 is 14.8 Å². The molecular weight excluding hydrogens is 549 g/mol. The van der Waals surface area contributed by atoms with Crippen molar-refractivity contribution < 1.29 is 13.9 Å². The third kappa shape index (κ3) is 6.28. The van der Waals surface area contributed by atoms with Crippen LogP contribution in [0, 0.1) is 17.1 Å². The van der Waals surface area contributed by atoms with Gasteiger partial charge in [0.2, 0.25) is 0 Å². The average Bonchev–Trinajstić information content (AvgIpc) is 3.44. The number of nitrogens with one attached hydrogen (secondary N) is 1. The van der Waals surface area contributed by atoms with Crippen molar-refractivity contribution in [1.82, 2.24) is 10.3 Å². The molecule has 214 valence electrons. The number of ether oxygens (including phenoxy) is 2. The minimum absolute atomic E-state index is 0.209. The van der Waals surface area contributed by atoms with E-state index < -0.39 is 0 Å². The molecule has 1 N–H and O–H groups in total. The van der Waals surface area contributed by atoms with E-state index in [1.165, 1.54) is 44.4 Å². The fourth-order valence-electron chi connectivity index (χ4n) is 6.11. The van der Waals surface area contributed by atoms with Crippen molar-refractivity contribution in [3.63, 3.8) is 0 Å². The third-order valence-corrected chi connectivity index (χ3v) is 8.56. The van der Waals surface area contributed by atoms with E-state index in [0.717, 1.165) is 40.7 Å². The number of aromatic nitrogens is 1. The van der Waals surface area contributed by atoms with Crippen LogP contribution in [0.2, 0.25) is 5.02 Å². The Morgan fingerprint density at radius 2 is 1.79 bits per heavy atom. The molecule has 3 aromatic carbocycles. The van der Waals surface area contributed by atoms with E-state index in [2.05, 4.69) is 22.4 Å². The molecule has 0 radical (unpaired) electrons. The molecule has 1 heterocycles. The van der Waals surface area contributed by atoms with Gasteiger partial charge in [0, 0.05) is 47.7 Å². The van der Waals surface area contributed by atoms with Gasteiger partial charge in [-0.1, -0.05) is 67.3 Å². The first-order valence-electron chi connectivity index (χ1n) is 14.6.